The summed E-state index contributed by atoms with van der Waals surface area (Å²) in [6, 6.07) is 0. The summed E-state index contributed by atoms with van der Waals surface area (Å²) < 4.78 is 4.51. The maximum Gasteiger partial charge on any atom is 0.540 e. The summed E-state index contributed by atoms with van der Waals surface area (Å²) in [6.45, 7) is 4.31. The summed E-state index contributed by atoms with van der Waals surface area (Å²) in [4.78, 5) is 18.8. The van der Waals surface area contributed by atoms with Crippen LogP contribution >= 0.6 is 0 Å². The Morgan fingerprint density at radius 2 is 2.10 bits per heavy atom. The second-order valence-electron chi connectivity index (χ2n) is 1.59. The van der Waals surface area contributed by atoms with E-state index in [9.17, 15) is 4.79 Å². The molecule has 0 radical (unpaired) electrons. The van der Waals surface area contributed by atoms with Gasteiger partial charge in [0.05, 0.1) is 13.2 Å². The SMILES string of the molecule is CCCOC(=O)OOCC. The Labute approximate surface area is 60.0 Å². The molecule has 0 aromatic rings. The van der Waals surface area contributed by atoms with Crippen molar-refractivity contribution < 1.29 is 19.3 Å². The zero-order chi connectivity index (χ0) is 7.82. The minimum atomic E-state index is -0.774. The van der Waals surface area contributed by atoms with Gasteiger partial charge < -0.3 is 4.74 Å². The van der Waals surface area contributed by atoms with E-state index in [1.807, 2.05) is 6.92 Å². The van der Waals surface area contributed by atoms with Crippen molar-refractivity contribution in [3.63, 3.8) is 0 Å². The van der Waals surface area contributed by atoms with Gasteiger partial charge in [-0.3, -0.25) is 4.89 Å². The smallest absolute Gasteiger partial charge is 0.432 e. The predicted octanol–water partition coefficient (Wildman–Crippen LogP) is 1.50. The maximum absolute atomic E-state index is 10.4. The molecule has 0 aliphatic carbocycles. The van der Waals surface area contributed by atoms with Crippen LogP contribution < -0.4 is 0 Å². The molecule has 0 amide bonds. The first-order valence-electron chi connectivity index (χ1n) is 3.27. The van der Waals surface area contributed by atoms with Gasteiger partial charge in [-0.1, -0.05) is 6.92 Å². The zero-order valence-corrected chi connectivity index (χ0v) is 6.25. The molecule has 0 saturated carbocycles. The van der Waals surface area contributed by atoms with Crippen LogP contribution in [0.4, 0.5) is 4.79 Å². The van der Waals surface area contributed by atoms with Crippen molar-refractivity contribution in [2.75, 3.05) is 13.2 Å². The molecule has 0 bridgehead atoms. The summed E-state index contributed by atoms with van der Waals surface area (Å²) >= 11 is 0. The largest absolute Gasteiger partial charge is 0.540 e. The van der Waals surface area contributed by atoms with E-state index in [2.05, 4.69) is 14.5 Å². The molecular formula is C6H12O4. The molecule has 0 saturated heterocycles. The first-order valence-corrected chi connectivity index (χ1v) is 3.27. The van der Waals surface area contributed by atoms with Crippen LogP contribution in [0, 0.1) is 0 Å². The number of hydrogen-bond acceptors (Lipinski definition) is 4. The number of carbonyl (C=O) groups excluding carboxylic acids is 1. The fourth-order valence-corrected chi connectivity index (χ4v) is 0.316. The molecule has 0 atom stereocenters. The van der Waals surface area contributed by atoms with Gasteiger partial charge in [0.1, 0.15) is 0 Å². The van der Waals surface area contributed by atoms with Gasteiger partial charge in [0.2, 0.25) is 0 Å². The molecule has 0 aromatic heterocycles. The van der Waals surface area contributed by atoms with Crippen LogP contribution in [-0.4, -0.2) is 19.4 Å². The van der Waals surface area contributed by atoms with Gasteiger partial charge in [0.15, 0.2) is 0 Å². The Kier molecular flexibility index (Phi) is 5.86. The molecule has 0 aliphatic rings. The van der Waals surface area contributed by atoms with Crippen molar-refractivity contribution in [1.29, 1.82) is 0 Å². The zero-order valence-electron chi connectivity index (χ0n) is 6.25. The quantitative estimate of drug-likeness (QED) is 0.344. The number of hydrogen-bond donors (Lipinski definition) is 0. The molecule has 0 unspecified atom stereocenters. The van der Waals surface area contributed by atoms with Gasteiger partial charge >= 0.3 is 6.16 Å². The van der Waals surface area contributed by atoms with Crippen molar-refractivity contribution >= 4 is 6.16 Å². The third kappa shape index (κ3) is 5.37. The highest BCUT2D eigenvalue weighted by Crippen LogP contribution is 1.87. The highest BCUT2D eigenvalue weighted by molar-refractivity contribution is 5.58. The summed E-state index contributed by atoms with van der Waals surface area (Å²) in [5.41, 5.74) is 0. The lowest BCUT2D eigenvalue weighted by Crippen LogP contribution is -2.08. The molecule has 60 valence electrons. The van der Waals surface area contributed by atoms with Crippen LogP contribution in [-0.2, 0) is 14.5 Å². The van der Waals surface area contributed by atoms with Crippen molar-refractivity contribution in [3.05, 3.63) is 0 Å². The first-order chi connectivity index (χ1) is 4.81. The highest BCUT2D eigenvalue weighted by atomic mass is 17.2. The molecule has 4 nitrogen and oxygen atoms in total. The molecule has 0 aliphatic heterocycles. The van der Waals surface area contributed by atoms with Crippen LogP contribution in [0.15, 0.2) is 0 Å². The normalized spacial score (nSPS) is 9.00. The standard InChI is InChI=1S/C6H12O4/c1-3-5-8-6(7)10-9-4-2/h3-5H2,1-2H3. The van der Waals surface area contributed by atoms with Gasteiger partial charge in [0, 0.05) is 0 Å². The third-order valence-corrected chi connectivity index (χ3v) is 0.669. The van der Waals surface area contributed by atoms with Gasteiger partial charge in [0.25, 0.3) is 0 Å². The Hall–Kier alpha value is -0.770. The average Bonchev–Trinajstić information content (AvgIpc) is 1.97. The van der Waals surface area contributed by atoms with Gasteiger partial charge in [-0.15, -0.1) is 0 Å². The monoisotopic (exact) mass is 148 g/mol. The molecule has 0 N–H and O–H groups in total. The lowest BCUT2D eigenvalue weighted by atomic mass is 10.5. The molecule has 0 aromatic carbocycles. The summed E-state index contributed by atoms with van der Waals surface area (Å²) in [5, 5.41) is 0. The number of ether oxygens (including phenoxy) is 1. The summed E-state index contributed by atoms with van der Waals surface area (Å²) in [6.07, 6.45) is 0.00464. The van der Waals surface area contributed by atoms with E-state index < -0.39 is 6.16 Å². The van der Waals surface area contributed by atoms with E-state index in [1.54, 1.807) is 6.92 Å². The van der Waals surface area contributed by atoms with Crippen LogP contribution in [0.2, 0.25) is 0 Å². The lowest BCUT2D eigenvalue weighted by Gasteiger charge is -2.00. The fraction of sp³-hybridized carbons (Fsp3) is 0.833. The van der Waals surface area contributed by atoms with Crippen LogP contribution in [0.1, 0.15) is 20.3 Å². The van der Waals surface area contributed by atoms with Crippen LogP contribution in [0.25, 0.3) is 0 Å². The molecule has 10 heavy (non-hydrogen) atoms. The molecular weight excluding hydrogens is 136 g/mol. The van der Waals surface area contributed by atoms with E-state index in [0.717, 1.165) is 6.42 Å². The van der Waals surface area contributed by atoms with Gasteiger partial charge in [-0.2, -0.15) is 4.89 Å². The minimum Gasteiger partial charge on any atom is -0.432 e. The van der Waals surface area contributed by atoms with Crippen molar-refractivity contribution in [1.82, 2.24) is 0 Å². The van der Waals surface area contributed by atoms with Crippen molar-refractivity contribution in [2.45, 2.75) is 20.3 Å². The molecule has 0 heterocycles. The second-order valence-corrected chi connectivity index (χ2v) is 1.59. The van der Waals surface area contributed by atoms with Crippen LogP contribution in [0.5, 0.6) is 0 Å². The Balaban J connectivity index is 3.09. The average molecular weight is 148 g/mol. The Morgan fingerprint density at radius 1 is 1.40 bits per heavy atom. The van der Waals surface area contributed by atoms with E-state index in [1.165, 1.54) is 0 Å². The van der Waals surface area contributed by atoms with Crippen molar-refractivity contribution in [3.8, 4) is 0 Å². The van der Waals surface area contributed by atoms with E-state index in [4.69, 9.17) is 0 Å². The van der Waals surface area contributed by atoms with Gasteiger partial charge in [-0.05, 0) is 13.3 Å². The molecule has 0 fully saturated rings. The Bertz CT molecular complexity index is 81.7. The van der Waals surface area contributed by atoms with Crippen LogP contribution in [0.3, 0.4) is 0 Å². The topological polar surface area (TPSA) is 44.8 Å². The summed E-state index contributed by atoms with van der Waals surface area (Å²) in [7, 11) is 0. The second kappa shape index (κ2) is 6.35. The minimum absolute atomic E-state index is 0.335. The summed E-state index contributed by atoms with van der Waals surface area (Å²) in [5.74, 6) is 0. The van der Waals surface area contributed by atoms with E-state index in [-0.39, 0.29) is 0 Å². The fourth-order valence-electron chi connectivity index (χ4n) is 0.316. The van der Waals surface area contributed by atoms with E-state index >= 15 is 0 Å². The molecule has 0 rings (SSSR count). The van der Waals surface area contributed by atoms with Gasteiger partial charge in [-0.25, -0.2) is 4.79 Å². The lowest BCUT2D eigenvalue weighted by molar-refractivity contribution is -0.251. The van der Waals surface area contributed by atoms with E-state index in [0.29, 0.717) is 13.2 Å². The third-order valence-electron chi connectivity index (χ3n) is 0.669. The molecule has 4 heteroatoms. The number of carbonyl (C=O) groups is 1. The predicted molar refractivity (Wildman–Crippen MR) is 34.3 cm³/mol. The highest BCUT2D eigenvalue weighted by Gasteiger charge is 2.01. The van der Waals surface area contributed by atoms with Crippen molar-refractivity contribution in [2.24, 2.45) is 0 Å². The Morgan fingerprint density at radius 3 is 2.60 bits per heavy atom. The molecule has 0 spiro atoms. The maximum atomic E-state index is 10.4. The number of rotatable bonds is 4. The first kappa shape index (κ1) is 9.23.